The molecule has 0 bridgehead atoms. The summed E-state index contributed by atoms with van der Waals surface area (Å²) >= 11 is 0. The minimum atomic E-state index is -0.288. The van der Waals surface area contributed by atoms with Gasteiger partial charge in [-0.2, -0.15) is 0 Å². The first kappa shape index (κ1) is 15.9. The zero-order valence-electron chi connectivity index (χ0n) is 13.3. The third kappa shape index (κ3) is 3.70. The first-order chi connectivity index (χ1) is 11.2. The van der Waals surface area contributed by atoms with Gasteiger partial charge in [-0.25, -0.2) is 9.37 Å². The second-order valence-electron chi connectivity index (χ2n) is 6.48. The van der Waals surface area contributed by atoms with Crippen LogP contribution in [0.3, 0.4) is 0 Å². The number of pyridine rings is 1. The molecule has 1 aromatic heterocycles. The highest BCUT2D eigenvalue weighted by atomic mass is 19.1. The Labute approximate surface area is 136 Å². The lowest BCUT2D eigenvalue weighted by atomic mass is 9.76. The van der Waals surface area contributed by atoms with Crippen molar-refractivity contribution in [2.75, 3.05) is 24.6 Å². The fourth-order valence-electron chi connectivity index (χ4n) is 3.47. The minimum absolute atomic E-state index is 0.130. The highest BCUT2D eigenvalue weighted by Crippen LogP contribution is 2.36. The third-order valence-electron chi connectivity index (χ3n) is 4.82. The maximum absolute atomic E-state index is 14.0. The molecule has 1 atom stereocenters. The van der Waals surface area contributed by atoms with E-state index in [-0.39, 0.29) is 17.8 Å². The van der Waals surface area contributed by atoms with Crippen molar-refractivity contribution in [2.45, 2.75) is 25.7 Å². The van der Waals surface area contributed by atoms with Crippen molar-refractivity contribution >= 4 is 5.82 Å². The van der Waals surface area contributed by atoms with E-state index in [2.05, 4.69) is 17.1 Å². The maximum Gasteiger partial charge on any atom is 0.165 e. The number of hydrogen-bond donors (Lipinski definition) is 1. The maximum atomic E-state index is 14.0. The van der Waals surface area contributed by atoms with Gasteiger partial charge < -0.3 is 10.0 Å². The summed E-state index contributed by atoms with van der Waals surface area (Å²) in [5.41, 5.74) is 1.10. The standard InChI is InChI=1S/C19H23FN2O/c20-17-8-4-12-21-18(17)22-13-5-10-19(14-22,15-23)11-9-16-6-2-1-3-7-16/h1-4,6-8,12,23H,5,9-11,13-15H2. The van der Waals surface area contributed by atoms with Gasteiger partial charge in [0.05, 0.1) is 6.61 Å². The Hall–Kier alpha value is -1.94. The van der Waals surface area contributed by atoms with E-state index in [0.717, 1.165) is 32.2 Å². The quantitative estimate of drug-likeness (QED) is 0.918. The van der Waals surface area contributed by atoms with Crippen molar-refractivity contribution in [3.63, 3.8) is 0 Å². The molecule has 1 saturated heterocycles. The summed E-state index contributed by atoms with van der Waals surface area (Å²) in [5, 5.41) is 10.0. The van der Waals surface area contributed by atoms with Crippen LogP contribution in [0.25, 0.3) is 0 Å². The van der Waals surface area contributed by atoms with Crippen LogP contribution in [0.15, 0.2) is 48.7 Å². The van der Waals surface area contributed by atoms with Gasteiger partial charge in [0.25, 0.3) is 0 Å². The van der Waals surface area contributed by atoms with Gasteiger partial charge >= 0.3 is 0 Å². The topological polar surface area (TPSA) is 36.4 Å². The number of rotatable bonds is 5. The predicted octanol–water partition coefficient (Wildman–Crippen LogP) is 3.43. The molecular formula is C19H23FN2O. The number of aliphatic hydroxyl groups is 1. The van der Waals surface area contributed by atoms with E-state index in [9.17, 15) is 9.50 Å². The summed E-state index contributed by atoms with van der Waals surface area (Å²) in [6, 6.07) is 13.4. The fraction of sp³-hybridized carbons (Fsp3) is 0.421. The number of aliphatic hydroxyl groups excluding tert-OH is 1. The first-order valence-corrected chi connectivity index (χ1v) is 8.23. The lowest BCUT2D eigenvalue weighted by Gasteiger charge is -2.42. The van der Waals surface area contributed by atoms with Crippen LogP contribution in [-0.4, -0.2) is 29.8 Å². The Morgan fingerprint density at radius 1 is 1.17 bits per heavy atom. The predicted molar refractivity (Wildman–Crippen MR) is 89.9 cm³/mol. The van der Waals surface area contributed by atoms with Gasteiger partial charge in [-0.1, -0.05) is 30.3 Å². The van der Waals surface area contributed by atoms with Crippen LogP contribution in [0, 0.1) is 11.2 Å². The van der Waals surface area contributed by atoms with E-state index < -0.39 is 0 Å². The van der Waals surface area contributed by atoms with Crippen LogP contribution in [0.5, 0.6) is 0 Å². The molecule has 0 amide bonds. The van der Waals surface area contributed by atoms with Crippen LogP contribution in [0.4, 0.5) is 10.2 Å². The van der Waals surface area contributed by atoms with Gasteiger partial charge in [0.15, 0.2) is 11.6 Å². The molecule has 23 heavy (non-hydrogen) atoms. The first-order valence-electron chi connectivity index (χ1n) is 8.23. The molecule has 1 fully saturated rings. The van der Waals surface area contributed by atoms with Crippen LogP contribution in [0.1, 0.15) is 24.8 Å². The van der Waals surface area contributed by atoms with Crippen molar-refractivity contribution < 1.29 is 9.50 Å². The molecule has 122 valence electrons. The Morgan fingerprint density at radius 2 is 2.00 bits per heavy atom. The van der Waals surface area contributed by atoms with Crippen molar-refractivity contribution in [3.8, 4) is 0 Å². The van der Waals surface area contributed by atoms with Crippen molar-refractivity contribution in [3.05, 3.63) is 60.0 Å². The Kier molecular flexibility index (Phi) is 4.91. The molecular weight excluding hydrogens is 291 g/mol. The smallest absolute Gasteiger partial charge is 0.165 e. The van der Waals surface area contributed by atoms with Crippen LogP contribution < -0.4 is 4.90 Å². The molecule has 4 heteroatoms. The van der Waals surface area contributed by atoms with Gasteiger partial charge in [-0.15, -0.1) is 0 Å². The van der Waals surface area contributed by atoms with E-state index in [0.29, 0.717) is 12.4 Å². The average molecular weight is 314 g/mol. The fourth-order valence-corrected chi connectivity index (χ4v) is 3.47. The van der Waals surface area contributed by atoms with Gasteiger partial charge in [0.2, 0.25) is 0 Å². The van der Waals surface area contributed by atoms with Crippen LogP contribution in [0.2, 0.25) is 0 Å². The molecule has 2 aromatic rings. The molecule has 1 aromatic carbocycles. The van der Waals surface area contributed by atoms with E-state index in [1.807, 2.05) is 23.1 Å². The molecule has 1 aliphatic heterocycles. The number of benzene rings is 1. The van der Waals surface area contributed by atoms with Gasteiger partial charge in [0, 0.05) is 24.7 Å². The van der Waals surface area contributed by atoms with Gasteiger partial charge in [-0.05, 0) is 43.4 Å². The van der Waals surface area contributed by atoms with Gasteiger partial charge in [0.1, 0.15) is 0 Å². The summed E-state index contributed by atoms with van der Waals surface area (Å²) in [6.45, 7) is 1.58. The second-order valence-corrected chi connectivity index (χ2v) is 6.48. The number of piperidine rings is 1. The van der Waals surface area contributed by atoms with Crippen LogP contribution >= 0.6 is 0 Å². The largest absolute Gasteiger partial charge is 0.396 e. The lowest BCUT2D eigenvalue weighted by Crippen LogP contribution is -2.46. The zero-order valence-corrected chi connectivity index (χ0v) is 13.3. The van der Waals surface area contributed by atoms with Crippen molar-refractivity contribution in [2.24, 2.45) is 5.41 Å². The molecule has 3 nitrogen and oxygen atoms in total. The lowest BCUT2D eigenvalue weighted by molar-refractivity contribution is 0.0960. The van der Waals surface area contributed by atoms with E-state index in [1.54, 1.807) is 12.3 Å². The molecule has 2 heterocycles. The summed E-state index contributed by atoms with van der Waals surface area (Å²) in [5.74, 6) is 0.119. The van der Waals surface area contributed by atoms with Gasteiger partial charge in [-0.3, -0.25) is 0 Å². The molecule has 1 aliphatic rings. The minimum Gasteiger partial charge on any atom is -0.396 e. The second kappa shape index (κ2) is 7.09. The summed E-state index contributed by atoms with van der Waals surface area (Å²) < 4.78 is 14.0. The number of aromatic nitrogens is 1. The molecule has 0 aliphatic carbocycles. The molecule has 0 saturated carbocycles. The highest BCUT2D eigenvalue weighted by Gasteiger charge is 2.35. The van der Waals surface area contributed by atoms with E-state index in [4.69, 9.17) is 0 Å². The zero-order chi connectivity index (χ0) is 16.1. The Balaban J connectivity index is 1.72. The van der Waals surface area contributed by atoms with Crippen molar-refractivity contribution in [1.82, 2.24) is 4.98 Å². The average Bonchev–Trinajstić information content (AvgIpc) is 2.61. The van der Waals surface area contributed by atoms with E-state index >= 15 is 0 Å². The highest BCUT2D eigenvalue weighted by molar-refractivity contribution is 5.40. The number of halogens is 1. The molecule has 1 unspecified atom stereocenters. The Morgan fingerprint density at radius 3 is 2.74 bits per heavy atom. The summed E-state index contributed by atoms with van der Waals surface area (Å²) in [4.78, 5) is 6.18. The van der Waals surface area contributed by atoms with Crippen molar-refractivity contribution in [1.29, 1.82) is 0 Å². The number of aryl methyl sites for hydroxylation is 1. The third-order valence-corrected chi connectivity index (χ3v) is 4.82. The summed E-state index contributed by atoms with van der Waals surface area (Å²) in [6.07, 6.45) is 5.38. The summed E-state index contributed by atoms with van der Waals surface area (Å²) in [7, 11) is 0. The molecule has 1 N–H and O–H groups in total. The normalized spacial score (nSPS) is 21.4. The number of anilines is 1. The number of nitrogens with zero attached hydrogens (tertiary/aromatic N) is 2. The van der Waals surface area contributed by atoms with Crippen LogP contribution in [-0.2, 0) is 6.42 Å². The molecule has 0 spiro atoms. The molecule has 0 radical (unpaired) electrons. The molecule has 3 rings (SSSR count). The number of hydrogen-bond acceptors (Lipinski definition) is 3. The SMILES string of the molecule is OCC1(CCc2ccccc2)CCCN(c2ncccc2F)C1. The van der Waals surface area contributed by atoms with E-state index in [1.165, 1.54) is 11.6 Å². The Bertz CT molecular complexity index is 634. The monoisotopic (exact) mass is 314 g/mol.